The molecule has 0 amide bonds. The lowest BCUT2D eigenvalue weighted by Crippen LogP contribution is -2.56. The molecule has 0 radical (unpaired) electrons. The SMILES string of the molecule is COc1cccc(C2(CCC(C)C)CNC2)c1. The monoisotopic (exact) mass is 233 g/mol. The van der Waals surface area contributed by atoms with Crippen molar-refractivity contribution in [1.29, 1.82) is 0 Å². The van der Waals surface area contributed by atoms with Crippen LogP contribution >= 0.6 is 0 Å². The van der Waals surface area contributed by atoms with Gasteiger partial charge in [0.15, 0.2) is 0 Å². The maximum atomic E-state index is 5.32. The van der Waals surface area contributed by atoms with Crippen LogP contribution in [0.25, 0.3) is 0 Å². The number of nitrogens with one attached hydrogen (secondary N) is 1. The number of hydrogen-bond acceptors (Lipinski definition) is 2. The maximum absolute atomic E-state index is 5.32. The van der Waals surface area contributed by atoms with Crippen molar-refractivity contribution in [2.45, 2.75) is 32.1 Å². The van der Waals surface area contributed by atoms with E-state index in [-0.39, 0.29) is 0 Å². The summed E-state index contributed by atoms with van der Waals surface area (Å²) in [7, 11) is 1.74. The Morgan fingerprint density at radius 2 is 2.12 bits per heavy atom. The molecule has 2 heteroatoms. The molecule has 94 valence electrons. The molecule has 1 heterocycles. The second kappa shape index (κ2) is 5.09. The average Bonchev–Trinajstić information content (AvgIpc) is 2.27. The van der Waals surface area contributed by atoms with E-state index in [1.807, 2.05) is 6.07 Å². The lowest BCUT2D eigenvalue weighted by atomic mass is 9.71. The van der Waals surface area contributed by atoms with Crippen molar-refractivity contribution in [2.24, 2.45) is 5.92 Å². The van der Waals surface area contributed by atoms with Gasteiger partial charge in [0.1, 0.15) is 5.75 Å². The molecule has 1 aliphatic rings. The standard InChI is InChI=1S/C15H23NO/c1-12(2)7-8-15(10-16-11-15)13-5-4-6-14(9-13)17-3/h4-6,9,12,16H,7-8,10-11H2,1-3H3. The molecule has 1 saturated heterocycles. The van der Waals surface area contributed by atoms with E-state index in [0.29, 0.717) is 5.41 Å². The molecule has 1 aromatic carbocycles. The summed E-state index contributed by atoms with van der Waals surface area (Å²) in [5.41, 5.74) is 1.77. The Kier molecular flexibility index (Phi) is 3.72. The molecular formula is C15H23NO. The average molecular weight is 233 g/mol. The van der Waals surface area contributed by atoms with Crippen LogP contribution in [-0.4, -0.2) is 20.2 Å². The van der Waals surface area contributed by atoms with E-state index in [2.05, 4.69) is 37.4 Å². The number of ether oxygens (including phenoxy) is 1. The molecule has 1 aliphatic heterocycles. The van der Waals surface area contributed by atoms with Gasteiger partial charge in [0.25, 0.3) is 0 Å². The Balaban J connectivity index is 2.15. The Morgan fingerprint density at radius 3 is 2.65 bits per heavy atom. The summed E-state index contributed by atoms with van der Waals surface area (Å²) in [5.74, 6) is 1.75. The fourth-order valence-electron chi connectivity index (χ4n) is 2.47. The highest BCUT2D eigenvalue weighted by Crippen LogP contribution is 2.36. The highest BCUT2D eigenvalue weighted by molar-refractivity contribution is 5.36. The largest absolute Gasteiger partial charge is 0.497 e. The molecule has 0 saturated carbocycles. The number of hydrogen-bond donors (Lipinski definition) is 1. The van der Waals surface area contributed by atoms with Crippen LogP contribution in [0.15, 0.2) is 24.3 Å². The first-order valence-corrected chi connectivity index (χ1v) is 6.51. The van der Waals surface area contributed by atoms with E-state index in [4.69, 9.17) is 4.74 Å². The van der Waals surface area contributed by atoms with E-state index in [9.17, 15) is 0 Å². The fourth-order valence-corrected chi connectivity index (χ4v) is 2.47. The summed E-state index contributed by atoms with van der Waals surface area (Å²) in [6.07, 6.45) is 2.56. The summed E-state index contributed by atoms with van der Waals surface area (Å²) in [5, 5.41) is 3.42. The molecule has 0 atom stereocenters. The minimum atomic E-state index is 0.346. The summed E-state index contributed by atoms with van der Waals surface area (Å²) >= 11 is 0. The maximum Gasteiger partial charge on any atom is 0.119 e. The predicted octanol–water partition coefficient (Wildman–Crippen LogP) is 2.97. The third-order valence-electron chi connectivity index (χ3n) is 3.81. The van der Waals surface area contributed by atoms with E-state index >= 15 is 0 Å². The van der Waals surface area contributed by atoms with Crippen LogP contribution in [-0.2, 0) is 5.41 Å². The fraction of sp³-hybridized carbons (Fsp3) is 0.600. The lowest BCUT2D eigenvalue weighted by Gasteiger charge is -2.44. The van der Waals surface area contributed by atoms with Gasteiger partial charge in [-0.1, -0.05) is 32.4 Å². The highest BCUT2D eigenvalue weighted by atomic mass is 16.5. The zero-order chi connectivity index (χ0) is 12.3. The van der Waals surface area contributed by atoms with Gasteiger partial charge in [-0.2, -0.15) is 0 Å². The van der Waals surface area contributed by atoms with Crippen molar-refractivity contribution < 1.29 is 4.74 Å². The summed E-state index contributed by atoms with van der Waals surface area (Å²) in [6.45, 7) is 6.80. The Bertz CT molecular complexity index is 369. The lowest BCUT2D eigenvalue weighted by molar-refractivity contribution is 0.241. The smallest absolute Gasteiger partial charge is 0.119 e. The second-order valence-electron chi connectivity index (χ2n) is 5.55. The molecule has 0 aromatic heterocycles. The molecule has 1 fully saturated rings. The first-order valence-electron chi connectivity index (χ1n) is 6.51. The van der Waals surface area contributed by atoms with Gasteiger partial charge in [-0.05, 0) is 30.0 Å². The van der Waals surface area contributed by atoms with Gasteiger partial charge >= 0.3 is 0 Å². The molecule has 17 heavy (non-hydrogen) atoms. The molecule has 2 nitrogen and oxygen atoms in total. The van der Waals surface area contributed by atoms with E-state index in [0.717, 1.165) is 24.8 Å². The van der Waals surface area contributed by atoms with E-state index < -0.39 is 0 Å². The van der Waals surface area contributed by atoms with Crippen LogP contribution < -0.4 is 10.1 Å². The molecule has 0 bridgehead atoms. The van der Waals surface area contributed by atoms with Crippen molar-refractivity contribution in [2.75, 3.05) is 20.2 Å². The molecular weight excluding hydrogens is 210 g/mol. The summed E-state index contributed by atoms with van der Waals surface area (Å²) in [6, 6.07) is 8.56. The van der Waals surface area contributed by atoms with E-state index in [1.54, 1.807) is 7.11 Å². The quantitative estimate of drug-likeness (QED) is 0.844. The zero-order valence-corrected chi connectivity index (χ0v) is 11.1. The first kappa shape index (κ1) is 12.4. The Morgan fingerprint density at radius 1 is 1.35 bits per heavy atom. The Hall–Kier alpha value is -1.02. The molecule has 1 N–H and O–H groups in total. The third-order valence-corrected chi connectivity index (χ3v) is 3.81. The number of methoxy groups -OCH3 is 1. The number of rotatable bonds is 5. The third kappa shape index (κ3) is 2.63. The number of benzene rings is 1. The van der Waals surface area contributed by atoms with Gasteiger partial charge in [-0.25, -0.2) is 0 Å². The van der Waals surface area contributed by atoms with Crippen LogP contribution in [0.1, 0.15) is 32.3 Å². The van der Waals surface area contributed by atoms with Gasteiger partial charge < -0.3 is 10.1 Å². The normalized spacial score (nSPS) is 17.9. The molecule has 2 rings (SSSR count). The van der Waals surface area contributed by atoms with Crippen LogP contribution in [0.2, 0.25) is 0 Å². The second-order valence-corrected chi connectivity index (χ2v) is 5.55. The van der Waals surface area contributed by atoms with Crippen LogP contribution in [0.4, 0.5) is 0 Å². The van der Waals surface area contributed by atoms with Gasteiger partial charge in [-0.3, -0.25) is 0 Å². The van der Waals surface area contributed by atoms with Crippen LogP contribution in [0.3, 0.4) is 0 Å². The highest BCUT2D eigenvalue weighted by Gasteiger charge is 2.38. The first-order chi connectivity index (χ1) is 8.16. The minimum Gasteiger partial charge on any atom is -0.497 e. The van der Waals surface area contributed by atoms with Gasteiger partial charge in [0.05, 0.1) is 7.11 Å². The summed E-state index contributed by atoms with van der Waals surface area (Å²) in [4.78, 5) is 0. The van der Waals surface area contributed by atoms with Crippen molar-refractivity contribution in [1.82, 2.24) is 5.32 Å². The van der Waals surface area contributed by atoms with Gasteiger partial charge in [0.2, 0.25) is 0 Å². The van der Waals surface area contributed by atoms with Crippen molar-refractivity contribution in [3.8, 4) is 5.75 Å². The topological polar surface area (TPSA) is 21.3 Å². The Labute approximate surface area is 104 Å². The predicted molar refractivity (Wildman–Crippen MR) is 71.6 cm³/mol. The van der Waals surface area contributed by atoms with Crippen molar-refractivity contribution >= 4 is 0 Å². The van der Waals surface area contributed by atoms with Crippen molar-refractivity contribution in [3.63, 3.8) is 0 Å². The van der Waals surface area contributed by atoms with E-state index in [1.165, 1.54) is 18.4 Å². The molecule has 1 aromatic rings. The molecule has 0 unspecified atom stereocenters. The summed E-state index contributed by atoms with van der Waals surface area (Å²) < 4.78 is 5.32. The molecule has 0 spiro atoms. The van der Waals surface area contributed by atoms with Gasteiger partial charge in [0, 0.05) is 18.5 Å². The molecule has 0 aliphatic carbocycles. The van der Waals surface area contributed by atoms with Crippen LogP contribution in [0.5, 0.6) is 5.75 Å². The van der Waals surface area contributed by atoms with Gasteiger partial charge in [-0.15, -0.1) is 0 Å². The zero-order valence-electron chi connectivity index (χ0n) is 11.1. The van der Waals surface area contributed by atoms with Crippen LogP contribution in [0, 0.1) is 5.92 Å². The minimum absolute atomic E-state index is 0.346. The van der Waals surface area contributed by atoms with Crippen molar-refractivity contribution in [3.05, 3.63) is 29.8 Å².